The molecule has 2 aromatic carbocycles. The molecular formula is C26H32N2O. The summed E-state index contributed by atoms with van der Waals surface area (Å²) < 4.78 is 0. The molecule has 152 valence electrons. The molecule has 0 heterocycles. The van der Waals surface area contributed by atoms with E-state index in [0.29, 0.717) is 0 Å². The van der Waals surface area contributed by atoms with E-state index < -0.39 is 0 Å². The fraction of sp³-hybridized carbons (Fsp3) is 0.462. The first-order valence-electron chi connectivity index (χ1n) is 11.0. The molecule has 2 N–H and O–H groups in total. The van der Waals surface area contributed by atoms with Crippen LogP contribution in [-0.4, -0.2) is 5.91 Å². The second-order valence-electron chi connectivity index (χ2n) is 8.49. The number of carbonyl (C=O) groups excluding carboxylic acids is 1. The van der Waals surface area contributed by atoms with Gasteiger partial charge in [-0.15, -0.1) is 0 Å². The Hall–Kier alpha value is -2.60. The molecule has 0 atom stereocenters. The average molecular weight is 389 g/mol. The lowest BCUT2D eigenvalue weighted by Crippen LogP contribution is -2.42. The minimum absolute atomic E-state index is 0.159. The van der Waals surface area contributed by atoms with Gasteiger partial charge in [0, 0.05) is 0 Å². The Morgan fingerprint density at radius 3 is 1.62 bits per heavy atom. The third kappa shape index (κ3) is 4.70. The van der Waals surface area contributed by atoms with E-state index in [-0.39, 0.29) is 16.7 Å². The maximum Gasteiger partial charge on any atom is 0.228 e. The average Bonchev–Trinajstić information content (AvgIpc) is 2.81. The first-order valence-corrected chi connectivity index (χ1v) is 11.0. The van der Waals surface area contributed by atoms with Gasteiger partial charge in [0.25, 0.3) is 0 Å². The van der Waals surface area contributed by atoms with Crippen LogP contribution < -0.4 is 5.73 Å². The Labute approximate surface area is 174 Å². The van der Waals surface area contributed by atoms with Gasteiger partial charge in [-0.25, -0.2) is 0 Å². The normalized spacial score (nSPS) is 19.8. The van der Waals surface area contributed by atoms with Crippen LogP contribution in [0.25, 0.3) is 0 Å². The molecule has 4 rings (SSSR count). The van der Waals surface area contributed by atoms with Crippen LogP contribution in [0.5, 0.6) is 0 Å². The molecule has 0 spiro atoms. The molecule has 29 heavy (non-hydrogen) atoms. The zero-order chi connectivity index (χ0) is 20.6. The molecule has 2 aliphatic rings. The van der Waals surface area contributed by atoms with Crippen LogP contribution in [0.1, 0.15) is 75.3 Å². The smallest absolute Gasteiger partial charge is 0.228 e. The first kappa shape index (κ1) is 21.1. The minimum Gasteiger partial charge on any atom is -0.369 e. The molecule has 0 bridgehead atoms. The number of benzene rings is 2. The summed E-state index contributed by atoms with van der Waals surface area (Å²) >= 11 is 0. The van der Waals surface area contributed by atoms with Crippen LogP contribution in [0.2, 0.25) is 0 Å². The highest BCUT2D eigenvalue weighted by molar-refractivity contribution is 5.86. The fourth-order valence-electron chi connectivity index (χ4n) is 4.97. The quantitative estimate of drug-likeness (QED) is 0.723. The van der Waals surface area contributed by atoms with Crippen LogP contribution in [-0.2, 0) is 15.6 Å². The topological polar surface area (TPSA) is 66.9 Å². The lowest BCUT2D eigenvalue weighted by molar-refractivity contribution is -0.124. The molecule has 0 radical (unpaired) electrons. The van der Waals surface area contributed by atoms with E-state index in [2.05, 4.69) is 18.2 Å². The minimum atomic E-state index is -0.389. The Morgan fingerprint density at radius 2 is 1.17 bits per heavy atom. The highest BCUT2D eigenvalue weighted by Crippen LogP contribution is 2.39. The summed E-state index contributed by atoms with van der Waals surface area (Å²) in [7, 11) is 0. The van der Waals surface area contributed by atoms with Crippen molar-refractivity contribution in [3.63, 3.8) is 0 Å². The molecule has 2 fully saturated rings. The number of rotatable bonds is 3. The Morgan fingerprint density at radius 1 is 0.724 bits per heavy atom. The van der Waals surface area contributed by atoms with E-state index in [1.165, 1.54) is 31.2 Å². The third-order valence-electron chi connectivity index (χ3n) is 6.75. The predicted molar refractivity (Wildman–Crippen MR) is 117 cm³/mol. The molecule has 0 aliphatic heterocycles. The standard InChI is InChI=1S/C13H17NO.C13H15N/c14-12(15)13(9-5-2-6-10-13)11-7-3-1-4-8-11;14-11-13(9-5-2-6-10-13)12-7-3-1-4-8-12/h1,3-4,7-8H,2,5-6,9-10H2,(H2,14,15);1,3-4,7-8H,2,5-6,9-10H2. The van der Waals surface area contributed by atoms with Crippen molar-refractivity contribution in [2.75, 3.05) is 0 Å². The highest BCUT2D eigenvalue weighted by Gasteiger charge is 2.39. The number of primary amides is 1. The molecule has 0 saturated heterocycles. The first-order chi connectivity index (χ1) is 14.1. The van der Waals surface area contributed by atoms with E-state index in [9.17, 15) is 10.1 Å². The van der Waals surface area contributed by atoms with E-state index in [1.807, 2.05) is 48.5 Å². The molecule has 2 saturated carbocycles. The van der Waals surface area contributed by atoms with Crippen molar-refractivity contribution in [3.8, 4) is 6.07 Å². The molecular weight excluding hydrogens is 356 g/mol. The van der Waals surface area contributed by atoms with E-state index >= 15 is 0 Å². The Balaban J connectivity index is 0.000000166. The number of nitriles is 1. The van der Waals surface area contributed by atoms with Crippen LogP contribution >= 0.6 is 0 Å². The summed E-state index contributed by atoms with van der Waals surface area (Å²) in [5.74, 6) is -0.159. The monoisotopic (exact) mass is 388 g/mol. The van der Waals surface area contributed by atoms with Crippen molar-refractivity contribution in [2.24, 2.45) is 5.73 Å². The molecule has 2 aliphatic carbocycles. The van der Waals surface area contributed by atoms with E-state index in [0.717, 1.165) is 44.1 Å². The Bertz CT molecular complexity index is 811. The molecule has 1 amide bonds. The van der Waals surface area contributed by atoms with Gasteiger partial charge in [0.2, 0.25) is 5.91 Å². The van der Waals surface area contributed by atoms with E-state index in [1.54, 1.807) is 0 Å². The number of hydrogen-bond donors (Lipinski definition) is 1. The lowest BCUT2D eigenvalue weighted by Gasteiger charge is -2.34. The second-order valence-corrected chi connectivity index (χ2v) is 8.49. The van der Waals surface area contributed by atoms with Gasteiger partial charge in [-0.05, 0) is 36.8 Å². The van der Waals surface area contributed by atoms with Crippen molar-refractivity contribution >= 4 is 5.91 Å². The number of hydrogen-bond acceptors (Lipinski definition) is 2. The summed E-state index contributed by atoms with van der Waals surface area (Å²) in [4.78, 5) is 11.7. The molecule has 2 aromatic rings. The summed E-state index contributed by atoms with van der Waals surface area (Å²) in [6.45, 7) is 0. The largest absolute Gasteiger partial charge is 0.369 e. The van der Waals surface area contributed by atoms with Crippen LogP contribution in [0, 0.1) is 11.3 Å². The summed E-state index contributed by atoms with van der Waals surface area (Å²) in [6, 6.07) is 22.8. The number of carbonyl (C=O) groups is 1. The SMILES string of the molecule is N#CC1(c2ccccc2)CCCCC1.NC(=O)C1(c2ccccc2)CCCCC1. The molecule has 0 aromatic heterocycles. The van der Waals surface area contributed by atoms with Gasteiger partial charge >= 0.3 is 0 Å². The maximum absolute atomic E-state index is 11.7. The van der Waals surface area contributed by atoms with Crippen molar-refractivity contribution in [3.05, 3.63) is 71.8 Å². The van der Waals surface area contributed by atoms with Gasteiger partial charge in [0.15, 0.2) is 0 Å². The summed E-state index contributed by atoms with van der Waals surface area (Å²) in [5.41, 5.74) is 7.33. The van der Waals surface area contributed by atoms with Gasteiger partial charge in [-0.3, -0.25) is 4.79 Å². The van der Waals surface area contributed by atoms with Crippen LogP contribution in [0.15, 0.2) is 60.7 Å². The Kier molecular flexibility index (Phi) is 7.09. The number of nitrogens with zero attached hydrogens (tertiary/aromatic N) is 1. The highest BCUT2D eigenvalue weighted by atomic mass is 16.1. The summed E-state index contributed by atoms with van der Waals surface area (Å²) in [6.07, 6.45) is 11.0. The maximum atomic E-state index is 11.7. The zero-order valence-electron chi connectivity index (χ0n) is 17.3. The lowest BCUT2D eigenvalue weighted by atomic mass is 9.69. The van der Waals surface area contributed by atoms with E-state index in [4.69, 9.17) is 5.73 Å². The van der Waals surface area contributed by atoms with Crippen LogP contribution in [0.3, 0.4) is 0 Å². The van der Waals surface area contributed by atoms with Gasteiger partial charge in [-0.2, -0.15) is 5.26 Å². The van der Waals surface area contributed by atoms with Crippen molar-refractivity contribution < 1.29 is 4.79 Å². The van der Waals surface area contributed by atoms with Crippen LogP contribution in [0.4, 0.5) is 0 Å². The van der Waals surface area contributed by atoms with Crippen molar-refractivity contribution in [1.29, 1.82) is 5.26 Å². The zero-order valence-corrected chi connectivity index (χ0v) is 17.3. The van der Waals surface area contributed by atoms with Crippen molar-refractivity contribution in [2.45, 2.75) is 75.0 Å². The van der Waals surface area contributed by atoms with Gasteiger partial charge in [0.1, 0.15) is 0 Å². The number of amides is 1. The second kappa shape index (κ2) is 9.74. The molecule has 3 nitrogen and oxygen atoms in total. The fourth-order valence-corrected chi connectivity index (χ4v) is 4.97. The molecule has 0 unspecified atom stereocenters. The molecule has 3 heteroatoms. The van der Waals surface area contributed by atoms with Gasteiger partial charge in [0.05, 0.1) is 16.9 Å². The third-order valence-corrected chi connectivity index (χ3v) is 6.75. The predicted octanol–water partition coefficient (Wildman–Crippen LogP) is 5.79. The van der Waals surface area contributed by atoms with Gasteiger partial charge < -0.3 is 5.73 Å². The van der Waals surface area contributed by atoms with Crippen molar-refractivity contribution in [1.82, 2.24) is 0 Å². The number of nitrogens with two attached hydrogens (primary N) is 1. The van der Waals surface area contributed by atoms with Gasteiger partial charge in [-0.1, -0.05) is 99.2 Å². The summed E-state index contributed by atoms with van der Waals surface area (Å²) in [5, 5.41) is 9.34.